The standard InChI is InChI=1S/C21H22ClF3O7/c22-15-6-3-12(18-16(27)17(28)19(29)20(30,9-26)32-18)8-13(15)7-11-1-4-14(5-2-11)31-10-21(23,24)25/h1-6,8,16-19,26-30H,7,9-10H2. The average Bonchev–Trinajstić information content (AvgIpc) is 2.75. The van der Waals surface area contributed by atoms with E-state index in [4.69, 9.17) is 16.3 Å². The zero-order valence-corrected chi connectivity index (χ0v) is 17.3. The summed E-state index contributed by atoms with van der Waals surface area (Å²) in [4.78, 5) is 0. The van der Waals surface area contributed by atoms with Gasteiger partial charge in [-0.2, -0.15) is 13.2 Å². The molecular weight excluding hydrogens is 457 g/mol. The van der Waals surface area contributed by atoms with Crippen molar-refractivity contribution in [2.75, 3.05) is 13.2 Å². The highest BCUT2D eigenvalue weighted by Gasteiger charge is 2.52. The number of aliphatic hydroxyl groups is 5. The minimum absolute atomic E-state index is 0.0560. The number of hydrogen-bond donors (Lipinski definition) is 5. The van der Waals surface area contributed by atoms with Gasteiger partial charge in [0.05, 0.1) is 6.61 Å². The van der Waals surface area contributed by atoms with E-state index in [0.717, 1.165) is 0 Å². The Balaban J connectivity index is 1.79. The van der Waals surface area contributed by atoms with Crippen LogP contribution in [0.2, 0.25) is 5.02 Å². The topological polar surface area (TPSA) is 120 Å². The fourth-order valence-corrected chi connectivity index (χ4v) is 3.57. The maximum atomic E-state index is 12.3. The molecule has 1 heterocycles. The first kappa shape index (κ1) is 24.7. The molecule has 1 saturated heterocycles. The minimum Gasteiger partial charge on any atom is -0.484 e. The number of benzene rings is 2. The van der Waals surface area contributed by atoms with E-state index in [0.29, 0.717) is 21.7 Å². The lowest BCUT2D eigenvalue weighted by atomic mass is 9.88. The number of aliphatic hydroxyl groups excluding tert-OH is 4. The first-order valence-corrected chi connectivity index (χ1v) is 9.93. The lowest BCUT2D eigenvalue weighted by molar-refractivity contribution is -0.357. The summed E-state index contributed by atoms with van der Waals surface area (Å²) >= 11 is 6.26. The highest BCUT2D eigenvalue weighted by molar-refractivity contribution is 6.31. The summed E-state index contributed by atoms with van der Waals surface area (Å²) in [6.07, 6.45) is -10.8. The number of alkyl halides is 3. The molecule has 5 unspecified atom stereocenters. The number of ether oxygens (including phenoxy) is 2. The van der Waals surface area contributed by atoms with Gasteiger partial charge in [0.2, 0.25) is 5.79 Å². The van der Waals surface area contributed by atoms with Crippen LogP contribution in [0, 0.1) is 0 Å². The SMILES string of the molecule is OCC1(O)OC(c2ccc(Cl)c(Cc3ccc(OCC(F)(F)F)cc3)c2)C(O)C(O)C1O. The van der Waals surface area contributed by atoms with Crippen LogP contribution in [0.25, 0.3) is 0 Å². The van der Waals surface area contributed by atoms with E-state index in [9.17, 15) is 38.7 Å². The van der Waals surface area contributed by atoms with Gasteiger partial charge < -0.3 is 35.0 Å². The Morgan fingerprint density at radius 3 is 2.28 bits per heavy atom. The lowest BCUT2D eigenvalue weighted by Crippen LogP contribution is -2.63. The molecule has 1 aliphatic rings. The molecule has 0 saturated carbocycles. The van der Waals surface area contributed by atoms with E-state index in [-0.39, 0.29) is 12.2 Å². The number of rotatable bonds is 6. The average molecular weight is 479 g/mol. The second-order valence-electron chi connectivity index (χ2n) is 7.54. The summed E-state index contributed by atoms with van der Waals surface area (Å²) in [5.41, 5.74) is 1.59. The van der Waals surface area contributed by atoms with Gasteiger partial charge in [0.15, 0.2) is 6.61 Å². The molecule has 0 aliphatic carbocycles. The molecule has 7 nitrogen and oxygen atoms in total. The Hall–Kier alpha value is -1.92. The molecule has 0 aromatic heterocycles. The summed E-state index contributed by atoms with van der Waals surface area (Å²) in [6.45, 7) is -2.41. The quantitative estimate of drug-likeness (QED) is 0.429. The molecule has 0 radical (unpaired) electrons. The van der Waals surface area contributed by atoms with Gasteiger partial charge in [-0.1, -0.05) is 35.9 Å². The van der Waals surface area contributed by atoms with Crippen LogP contribution in [0.4, 0.5) is 13.2 Å². The van der Waals surface area contributed by atoms with Crippen molar-refractivity contribution >= 4 is 11.6 Å². The molecule has 0 spiro atoms. The Morgan fingerprint density at radius 2 is 1.69 bits per heavy atom. The van der Waals surface area contributed by atoms with Gasteiger partial charge in [0.25, 0.3) is 0 Å². The van der Waals surface area contributed by atoms with E-state index in [1.165, 1.54) is 24.3 Å². The Morgan fingerprint density at radius 1 is 1.03 bits per heavy atom. The van der Waals surface area contributed by atoms with Gasteiger partial charge in [0, 0.05) is 5.02 Å². The van der Waals surface area contributed by atoms with Crippen molar-refractivity contribution in [3.05, 3.63) is 64.2 Å². The summed E-state index contributed by atoms with van der Waals surface area (Å²) in [6, 6.07) is 10.5. The van der Waals surface area contributed by atoms with Crippen molar-refractivity contribution in [1.82, 2.24) is 0 Å². The van der Waals surface area contributed by atoms with Crippen LogP contribution in [0.15, 0.2) is 42.5 Å². The largest absolute Gasteiger partial charge is 0.484 e. The first-order chi connectivity index (χ1) is 14.9. The minimum atomic E-state index is -4.44. The zero-order valence-electron chi connectivity index (χ0n) is 16.5. The van der Waals surface area contributed by atoms with Crippen LogP contribution >= 0.6 is 11.6 Å². The third-order valence-electron chi connectivity index (χ3n) is 5.12. The summed E-state index contributed by atoms with van der Waals surface area (Å²) in [5, 5.41) is 50.2. The van der Waals surface area contributed by atoms with Gasteiger partial charge in [-0.3, -0.25) is 0 Å². The molecule has 3 rings (SSSR count). The summed E-state index contributed by atoms with van der Waals surface area (Å²) in [7, 11) is 0. The van der Waals surface area contributed by atoms with Gasteiger partial charge in [-0.25, -0.2) is 0 Å². The van der Waals surface area contributed by atoms with Gasteiger partial charge in [-0.15, -0.1) is 0 Å². The highest BCUT2D eigenvalue weighted by atomic mass is 35.5. The van der Waals surface area contributed by atoms with Crippen molar-refractivity contribution in [2.45, 2.75) is 42.8 Å². The Kier molecular flexibility index (Phi) is 7.35. The summed E-state index contributed by atoms with van der Waals surface area (Å²) in [5.74, 6) is -2.42. The first-order valence-electron chi connectivity index (χ1n) is 9.55. The molecule has 1 fully saturated rings. The second kappa shape index (κ2) is 9.52. The molecule has 0 amide bonds. The zero-order chi connectivity index (χ0) is 23.7. The lowest BCUT2D eigenvalue weighted by Gasteiger charge is -2.45. The van der Waals surface area contributed by atoms with Crippen LogP contribution in [0.1, 0.15) is 22.8 Å². The third-order valence-corrected chi connectivity index (χ3v) is 5.49. The van der Waals surface area contributed by atoms with Gasteiger partial charge in [0.1, 0.15) is 30.2 Å². The van der Waals surface area contributed by atoms with E-state index in [1.54, 1.807) is 18.2 Å². The highest BCUT2D eigenvalue weighted by Crippen LogP contribution is 2.38. The predicted molar refractivity (Wildman–Crippen MR) is 106 cm³/mol. The molecule has 2 aromatic rings. The fourth-order valence-electron chi connectivity index (χ4n) is 3.38. The van der Waals surface area contributed by atoms with Crippen LogP contribution in [-0.4, -0.2) is 69.0 Å². The van der Waals surface area contributed by atoms with Crippen molar-refractivity contribution < 1.29 is 48.2 Å². The fraction of sp³-hybridized carbons (Fsp3) is 0.429. The van der Waals surface area contributed by atoms with Crippen molar-refractivity contribution in [3.63, 3.8) is 0 Å². The van der Waals surface area contributed by atoms with Crippen molar-refractivity contribution in [2.24, 2.45) is 0 Å². The smallest absolute Gasteiger partial charge is 0.422 e. The van der Waals surface area contributed by atoms with Crippen LogP contribution in [0.3, 0.4) is 0 Å². The Bertz CT molecular complexity index is 925. The van der Waals surface area contributed by atoms with E-state index < -0.39 is 49.6 Å². The van der Waals surface area contributed by atoms with Crippen LogP contribution in [-0.2, 0) is 11.2 Å². The van der Waals surface area contributed by atoms with Gasteiger partial charge >= 0.3 is 6.18 Å². The summed E-state index contributed by atoms with van der Waals surface area (Å²) < 4.78 is 46.8. The van der Waals surface area contributed by atoms with Gasteiger partial charge in [-0.05, 0) is 41.3 Å². The van der Waals surface area contributed by atoms with E-state index in [2.05, 4.69) is 4.74 Å². The molecule has 11 heteroatoms. The molecule has 2 aromatic carbocycles. The Labute approximate surface area is 186 Å². The predicted octanol–water partition coefficient (Wildman–Crippen LogP) is 1.71. The van der Waals surface area contributed by atoms with E-state index in [1.807, 2.05) is 0 Å². The normalized spacial score (nSPS) is 28.5. The maximum absolute atomic E-state index is 12.3. The molecular formula is C21H22ClF3O7. The molecule has 32 heavy (non-hydrogen) atoms. The monoisotopic (exact) mass is 478 g/mol. The molecule has 176 valence electrons. The van der Waals surface area contributed by atoms with Crippen LogP contribution < -0.4 is 4.74 Å². The molecule has 5 atom stereocenters. The number of halogens is 4. The van der Waals surface area contributed by atoms with Crippen LogP contribution in [0.5, 0.6) is 5.75 Å². The maximum Gasteiger partial charge on any atom is 0.422 e. The van der Waals surface area contributed by atoms with E-state index >= 15 is 0 Å². The molecule has 0 bridgehead atoms. The molecule has 5 N–H and O–H groups in total. The third kappa shape index (κ3) is 5.52. The second-order valence-corrected chi connectivity index (χ2v) is 7.95. The molecule has 1 aliphatic heterocycles. The van der Waals surface area contributed by atoms with Crippen molar-refractivity contribution in [3.8, 4) is 5.75 Å². The number of hydrogen-bond acceptors (Lipinski definition) is 7. The van der Waals surface area contributed by atoms with Crippen molar-refractivity contribution in [1.29, 1.82) is 0 Å².